The van der Waals surface area contributed by atoms with Crippen molar-refractivity contribution in [2.45, 2.75) is 32.5 Å². The summed E-state index contributed by atoms with van der Waals surface area (Å²) in [4.78, 5) is 33.1. The average Bonchev–Trinajstić information content (AvgIpc) is 3.04. The molecule has 3 rings (SSSR count). The molecule has 1 amide bonds. The number of carbonyl (C=O) groups excluding carboxylic acids is 2. The summed E-state index contributed by atoms with van der Waals surface area (Å²) in [6.07, 6.45) is 0.490. The standard InChI is InChI=1S/C19H23N3O3S/c1-13-20-16(12-26-13)10-21(2)11-18(23)22-9-15-7-5-4-6-14(15)8-17(22)19(24)25-3/h4-7,12,17H,8-11H2,1-3H3. The fraction of sp³-hybridized carbons (Fsp3) is 0.421. The summed E-state index contributed by atoms with van der Waals surface area (Å²) >= 11 is 1.60. The minimum atomic E-state index is -0.572. The number of aryl methyl sites for hydroxylation is 1. The number of amides is 1. The van der Waals surface area contributed by atoms with E-state index in [1.54, 1.807) is 16.2 Å². The Morgan fingerprint density at radius 2 is 2.08 bits per heavy atom. The van der Waals surface area contributed by atoms with Crippen molar-refractivity contribution in [2.75, 3.05) is 20.7 Å². The number of rotatable bonds is 5. The second kappa shape index (κ2) is 7.97. The van der Waals surface area contributed by atoms with E-state index in [4.69, 9.17) is 4.74 Å². The lowest BCUT2D eigenvalue weighted by molar-refractivity contribution is -0.154. The predicted molar refractivity (Wildman–Crippen MR) is 99.7 cm³/mol. The topological polar surface area (TPSA) is 62.7 Å². The molecule has 6 nitrogen and oxygen atoms in total. The lowest BCUT2D eigenvalue weighted by Crippen LogP contribution is -2.51. The van der Waals surface area contributed by atoms with Crippen molar-refractivity contribution in [2.24, 2.45) is 0 Å². The summed E-state index contributed by atoms with van der Waals surface area (Å²) in [5, 5.41) is 3.02. The van der Waals surface area contributed by atoms with Gasteiger partial charge in [-0.3, -0.25) is 9.69 Å². The highest BCUT2D eigenvalue weighted by molar-refractivity contribution is 7.09. The Balaban J connectivity index is 1.72. The first-order chi connectivity index (χ1) is 12.5. The largest absolute Gasteiger partial charge is 0.467 e. The minimum absolute atomic E-state index is 0.0793. The average molecular weight is 373 g/mol. The highest BCUT2D eigenvalue weighted by atomic mass is 32.1. The van der Waals surface area contributed by atoms with Crippen LogP contribution in [-0.2, 0) is 33.8 Å². The molecule has 138 valence electrons. The minimum Gasteiger partial charge on any atom is -0.467 e. The second-order valence-electron chi connectivity index (χ2n) is 6.56. The molecule has 0 radical (unpaired) electrons. The lowest BCUT2D eigenvalue weighted by Gasteiger charge is -2.36. The van der Waals surface area contributed by atoms with Crippen LogP contribution in [0.3, 0.4) is 0 Å². The van der Waals surface area contributed by atoms with Crippen molar-refractivity contribution in [3.05, 3.63) is 51.5 Å². The molecule has 1 unspecified atom stereocenters. The van der Waals surface area contributed by atoms with Crippen LogP contribution in [0.1, 0.15) is 21.8 Å². The van der Waals surface area contributed by atoms with Gasteiger partial charge in [-0.15, -0.1) is 11.3 Å². The van der Waals surface area contributed by atoms with Crippen LogP contribution in [0.25, 0.3) is 0 Å². The number of esters is 1. The van der Waals surface area contributed by atoms with Crippen LogP contribution in [-0.4, -0.2) is 53.4 Å². The molecule has 2 aromatic rings. The number of nitrogens with zero attached hydrogens (tertiary/aromatic N) is 3. The third kappa shape index (κ3) is 4.11. The molecular weight excluding hydrogens is 350 g/mol. The van der Waals surface area contributed by atoms with Crippen LogP contribution in [0.4, 0.5) is 0 Å². The first-order valence-corrected chi connectivity index (χ1v) is 9.39. The van der Waals surface area contributed by atoms with E-state index in [2.05, 4.69) is 4.98 Å². The molecular formula is C19H23N3O3S. The molecule has 2 heterocycles. The maximum absolute atomic E-state index is 12.9. The van der Waals surface area contributed by atoms with Gasteiger partial charge in [0.1, 0.15) is 6.04 Å². The van der Waals surface area contributed by atoms with Crippen molar-refractivity contribution in [1.82, 2.24) is 14.8 Å². The van der Waals surface area contributed by atoms with Crippen LogP contribution in [0.2, 0.25) is 0 Å². The number of carbonyl (C=O) groups is 2. The van der Waals surface area contributed by atoms with E-state index in [0.29, 0.717) is 19.5 Å². The number of fused-ring (bicyclic) bond motifs is 1. The Labute approximate surface area is 157 Å². The third-order valence-electron chi connectivity index (χ3n) is 4.55. The Hall–Kier alpha value is -2.25. The van der Waals surface area contributed by atoms with Gasteiger partial charge in [-0.25, -0.2) is 9.78 Å². The summed E-state index contributed by atoms with van der Waals surface area (Å²) in [6, 6.07) is 7.34. The van der Waals surface area contributed by atoms with Crippen LogP contribution < -0.4 is 0 Å². The molecule has 1 aromatic carbocycles. The summed E-state index contributed by atoms with van der Waals surface area (Å²) in [5.74, 6) is -0.449. The van der Waals surface area contributed by atoms with Gasteiger partial charge >= 0.3 is 5.97 Å². The highest BCUT2D eigenvalue weighted by Gasteiger charge is 2.35. The smallest absolute Gasteiger partial charge is 0.328 e. The van der Waals surface area contributed by atoms with Gasteiger partial charge in [0.2, 0.25) is 5.91 Å². The quantitative estimate of drug-likeness (QED) is 0.751. The van der Waals surface area contributed by atoms with Gasteiger partial charge in [0, 0.05) is 24.9 Å². The van der Waals surface area contributed by atoms with E-state index in [1.165, 1.54) is 7.11 Å². The van der Waals surface area contributed by atoms with Gasteiger partial charge in [-0.05, 0) is 25.1 Å². The summed E-state index contributed by atoms with van der Waals surface area (Å²) < 4.78 is 4.93. The highest BCUT2D eigenvalue weighted by Crippen LogP contribution is 2.24. The summed E-state index contributed by atoms with van der Waals surface area (Å²) in [7, 11) is 3.25. The zero-order valence-electron chi connectivity index (χ0n) is 15.3. The number of hydrogen-bond donors (Lipinski definition) is 0. The molecule has 26 heavy (non-hydrogen) atoms. The van der Waals surface area contributed by atoms with Gasteiger partial charge in [0.25, 0.3) is 0 Å². The lowest BCUT2D eigenvalue weighted by atomic mass is 9.94. The third-order valence-corrected chi connectivity index (χ3v) is 5.37. The molecule has 0 saturated heterocycles. The molecule has 1 aliphatic heterocycles. The van der Waals surface area contributed by atoms with E-state index in [1.807, 2.05) is 48.5 Å². The van der Waals surface area contributed by atoms with E-state index >= 15 is 0 Å². The molecule has 0 fully saturated rings. The van der Waals surface area contributed by atoms with Crippen molar-refractivity contribution in [3.8, 4) is 0 Å². The van der Waals surface area contributed by atoms with Crippen molar-refractivity contribution in [1.29, 1.82) is 0 Å². The summed E-state index contributed by atoms with van der Waals surface area (Å²) in [5.41, 5.74) is 3.13. The molecule has 1 atom stereocenters. The maximum atomic E-state index is 12.9. The van der Waals surface area contributed by atoms with Gasteiger partial charge in [-0.1, -0.05) is 24.3 Å². The van der Waals surface area contributed by atoms with E-state index in [9.17, 15) is 9.59 Å². The number of aromatic nitrogens is 1. The summed E-state index contributed by atoms with van der Waals surface area (Å²) in [6.45, 7) is 3.22. The Bertz CT molecular complexity index is 805. The fourth-order valence-corrected chi connectivity index (χ4v) is 3.87. The molecule has 0 saturated carbocycles. The van der Waals surface area contributed by atoms with Gasteiger partial charge in [0.15, 0.2) is 0 Å². The molecule has 7 heteroatoms. The first kappa shape index (κ1) is 18.5. The number of benzene rings is 1. The van der Waals surface area contributed by atoms with Crippen molar-refractivity contribution >= 4 is 23.2 Å². The van der Waals surface area contributed by atoms with Crippen LogP contribution in [0, 0.1) is 6.92 Å². The molecule has 0 bridgehead atoms. The second-order valence-corrected chi connectivity index (χ2v) is 7.63. The Morgan fingerprint density at radius 1 is 1.35 bits per heavy atom. The molecule has 0 spiro atoms. The SMILES string of the molecule is COC(=O)C1Cc2ccccc2CN1C(=O)CN(C)Cc1csc(C)n1. The van der Waals surface area contributed by atoms with Gasteiger partial charge in [0.05, 0.1) is 24.4 Å². The molecule has 1 aliphatic rings. The van der Waals surface area contributed by atoms with Crippen LogP contribution in [0.15, 0.2) is 29.6 Å². The number of methoxy groups -OCH3 is 1. The molecule has 0 N–H and O–H groups in total. The Kier molecular flexibility index (Phi) is 5.68. The van der Waals surface area contributed by atoms with E-state index in [0.717, 1.165) is 21.8 Å². The maximum Gasteiger partial charge on any atom is 0.328 e. The molecule has 1 aromatic heterocycles. The van der Waals surface area contributed by atoms with Crippen LogP contribution in [0.5, 0.6) is 0 Å². The zero-order chi connectivity index (χ0) is 18.7. The fourth-order valence-electron chi connectivity index (χ4n) is 3.27. The van der Waals surface area contributed by atoms with E-state index in [-0.39, 0.29) is 18.4 Å². The van der Waals surface area contributed by atoms with E-state index < -0.39 is 6.04 Å². The van der Waals surface area contributed by atoms with Gasteiger partial charge < -0.3 is 9.64 Å². The normalized spacial score (nSPS) is 16.5. The molecule has 0 aliphatic carbocycles. The Morgan fingerprint density at radius 3 is 2.73 bits per heavy atom. The van der Waals surface area contributed by atoms with Crippen molar-refractivity contribution in [3.63, 3.8) is 0 Å². The number of ether oxygens (including phenoxy) is 1. The number of thiazole rings is 1. The van der Waals surface area contributed by atoms with Gasteiger partial charge in [-0.2, -0.15) is 0 Å². The monoisotopic (exact) mass is 373 g/mol. The zero-order valence-corrected chi connectivity index (χ0v) is 16.1. The van der Waals surface area contributed by atoms with Crippen molar-refractivity contribution < 1.29 is 14.3 Å². The number of hydrogen-bond acceptors (Lipinski definition) is 6. The number of likely N-dealkylation sites (N-methyl/N-ethyl adjacent to an activating group) is 1. The van der Waals surface area contributed by atoms with Crippen LogP contribution >= 0.6 is 11.3 Å². The first-order valence-electron chi connectivity index (χ1n) is 8.51. The predicted octanol–water partition coefficient (Wildman–Crippen LogP) is 2.01.